The third-order valence-electron chi connectivity index (χ3n) is 2.58. The number of hydrogen-bond acceptors (Lipinski definition) is 5. The van der Waals surface area contributed by atoms with E-state index in [2.05, 4.69) is 9.97 Å². The number of nitrogens with zero attached hydrogens (tertiary/aromatic N) is 3. The standard InChI is InChI=1S/C13H13N3O2S/c1-8-11(9(2)17)19-13(15-8)16(3)12(18)10-6-4-5-7-14-10/h4-7H,1-3H3. The van der Waals surface area contributed by atoms with Crippen molar-refractivity contribution in [1.29, 1.82) is 0 Å². The first kappa shape index (κ1) is 13.4. The summed E-state index contributed by atoms with van der Waals surface area (Å²) in [5, 5.41) is 0.498. The Morgan fingerprint density at radius 3 is 2.58 bits per heavy atom. The van der Waals surface area contributed by atoms with Crippen molar-refractivity contribution in [3.8, 4) is 0 Å². The van der Waals surface area contributed by atoms with Crippen LogP contribution in [0.25, 0.3) is 0 Å². The molecule has 0 unspecified atom stereocenters. The third-order valence-corrected chi connectivity index (χ3v) is 3.92. The molecule has 2 rings (SSSR count). The highest BCUT2D eigenvalue weighted by molar-refractivity contribution is 7.17. The van der Waals surface area contributed by atoms with E-state index in [1.54, 1.807) is 38.4 Å². The van der Waals surface area contributed by atoms with Crippen LogP contribution < -0.4 is 4.90 Å². The van der Waals surface area contributed by atoms with Crippen molar-refractivity contribution >= 4 is 28.2 Å². The van der Waals surface area contributed by atoms with Gasteiger partial charge in [-0.05, 0) is 19.1 Å². The van der Waals surface area contributed by atoms with Crippen LogP contribution >= 0.6 is 11.3 Å². The van der Waals surface area contributed by atoms with E-state index in [0.717, 1.165) is 0 Å². The molecule has 0 N–H and O–H groups in total. The summed E-state index contributed by atoms with van der Waals surface area (Å²) in [6.45, 7) is 3.25. The molecule has 98 valence electrons. The summed E-state index contributed by atoms with van der Waals surface area (Å²) in [6, 6.07) is 5.14. The Labute approximate surface area is 114 Å². The average Bonchev–Trinajstić information content (AvgIpc) is 2.80. The van der Waals surface area contributed by atoms with E-state index in [4.69, 9.17) is 0 Å². The van der Waals surface area contributed by atoms with E-state index in [1.807, 2.05) is 0 Å². The smallest absolute Gasteiger partial charge is 0.278 e. The summed E-state index contributed by atoms with van der Waals surface area (Å²) in [6.07, 6.45) is 1.56. The minimum absolute atomic E-state index is 0.0417. The average molecular weight is 275 g/mol. The van der Waals surface area contributed by atoms with Gasteiger partial charge in [0.05, 0.1) is 10.6 Å². The zero-order chi connectivity index (χ0) is 14.0. The topological polar surface area (TPSA) is 63.2 Å². The lowest BCUT2D eigenvalue weighted by atomic mass is 10.3. The van der Waals surface area contributed by atoms with Crippen molar-refractivity contribution in [3.05, 3.63) is 40.7 Å². The van der Waals surface area contributed by atoms with Crippen LogP contribution in [0.3, 0.4) is 0 Å². The molecule has 0 aromatic carbocycles. The van der Waals surface area contributed by atoms with Crippen molar-refractivity contribution in [2.45, 2.75) is 13.8 Å². The van der Waals surface area contributed by atoms with Crippen molar-refractivity contribution in [2.75, 3.05) is 11.9 Å². The molecule has 2 aromatic heterocycles. The Kier molecular flexibility index (Phi) is 3.71. The zero-order valence-electron chi connectivity index (χ0n) is 10.9. The molecule has 0 aliphatic carbocycles. The first-order chi connectivity index (χ1) is 9.00. The third kappa shape index (κ3) is 2.68. The number of hydrogen-bond donors (Lipinski definition) is 0. The zero-order valence-corrected chi connectivity index (χ0v) is 11.7. The van der Waals surface area contributed by atoms with Crippen molar-refractivity contribution in [3.63, 3.8) is 0 Å². The molecule has 0 fully saturated rings. The highest BCUT2D eigenvalue weighted by Crippen LogP contribution is 2.26. The van der Waals surface area contributed by atoms with Crippen molar-refractivity contribution in [1.82, 2.24) is 9.97 Å². The lowest BCUT2D eigenvalue weighted by Crippen LogP contribution is -2.26. The van der Waals surface area contributed by atoms with Gasteiger partial charge in [0.25, 0.3) is 5.91 Å². The van der Waals surface area contributed by atoms with Gasteiger partial charge >= 0.3 is 0 Å². The molecule has 2 aromatic rings. The minimum atomic E-state index is -0.246. The maximum absolute atomic E-state index is 12.2. The number of aromatic nitrogens is 2. The SMILES string of the molecule is CC(=O)c1sc(N(C)C(=O)c2ccccn2)nc1C. The molecule has 19 heavy (non-hydrogen) atoms. The molecule has 0 aliphatic rings. The normalized spacial score (nSPS) is 10.3. The highest BCUT2D eigenvalue weighted by atomic mass is 32.1. The molecule has 5 nitrogen and oxygen atoms in total. The summed E-state index contributed by atoms with van der Waals surface area (Å²) in [5.74, 6) is -0.288. The number of anilines is 1. The number of carbonyl (C=O) groups excluding carboxylic acids is 2. The largest absolute Gasteiger partial charge is 0.294 e. The van der Waals surface area contributed by atoms with Crippen LogP contribution in [-0.2, 0) is 0 Å². The summed E-state index contributed by atoms with van der Waals surface area (Å²) >= 11 is 1.22. The summed E-state index contributed by atoms with van der Waals surface area (Å²) in [7, 11) is 1.62. The number of aryl methyl sites for hydroxylation is 1. The summed E-state index contributed by atoms with van der Waals surface area (Å²) < 4.78 is 0. The Morgan fingerprint density at radius 2 is 2.05 bits per heavy atom. The second-order valence-corrected chi connectivity index (χ2v) is 5.02. The fourth-order valence-corrected chi connectivity index (χ4v) is 2.52. The van der Waals surface area contributed by atoms with Gasteiger partial charge in [0, 0.05) is 20.2 Å². The van der Waals surface area contributed by atoms with Crippen LogP contribution in [0.4, 0.5) is 5.13 Å². The Bertz CT molecular complexity index is 622. The maximum atomic E-state index is 12.2. The number of pyridine rings is 1. The molecular weight excluding hydrogens is 262 g/mol. The molecule has 6 heteroatoms. The first-order valence-electron chi connectivity index (χ1n) is 5.68. The Balaban J connectivity index is 2.30. The summed E-state index contributed by atoms with van der Waals surface area (Å²) in [5.41, 5.74) is 0.996. The maximum Gasteiger partial charge on any atom is 0.278 e. The number of amides is 1. The van der Waals surface area contributed by atoms with E-state index in [-0.39, 0.29) is 11.7 Å². The van der Waals surface area contributed by atoms with Crippen molar-refractivity contribution < 1.29 is 9.59 Å². The fraction of sp³-hybridized carbons (Fsp3) is 0.231. The number of thiazole rings is 1. The van der Waals surface area contributed by atoms with Crippen LogP contribution in [0.5, 0.6) is 0 Å². The highest BCUT2D eigenvalue weighted by Gasteiger charge is 2.20. The van der Waals surface area contributed by atoms with Crippen LogP contribution in [0.1, 0.15) is 32.8 Å². The molecular formula is C13H13N3O2S. The molecule has 0 radical (unpaired) electrons. The van der Waals surface area contributed by atoms with Crippen molar-refractivity contribution in [2.24, 2.45) is 0 Å². The molecule has 0 spiro atoms. The first-order valence-corrected chi connectivity index (χ1v) is 6.50. The fourth-order valence-electron chi connectivity index (χ4n) is 1.60. The van der Waals surface area contributed by atoms with Gasteiger partial charge in [-0.1, -0.05) is 17.4 Å². The predicted octanol–water partition coefficient (Wildman–Crippen LogP) is 2.33. The lowest BCUT2D eigenvalue weighted by molar-refractivity contribution is 0.0986. The lowest BCUT2D eigenvalue weighted by Gasteiger charge is -2.12. The van der Waals surface area contributed by atoms with Gasteiger partial charge in [-0.15, -0.1) is 0 Å². The van der Waals surface area contributed by atoms with Gasteiger partial charge in [-0.25, -0.2) is 4.98 Å². The van der Waals surface area contributed by atoms with Gasteiger partial charge in [0.1, 0.15) is 5.69 Å². The second kappa shape index (κ2) is 5.27. The predicted molar refractivity (Wildman–Crippen MR) is 73.8 cm³/mol. The van der Waals surface area contributed by atoms with Gasteiger partial charge in [0.15, 0.2) is 10.9 Å². The Hall–Kier alpha value is -2.08. The van der Waals surface area contributed by atoms with Crippen LogP contribution in [0.2, 0.25) is 0 Å². The van der Waals surface area contributed by atoms with Crippen LogP contribution in [0, 0.1) is 6.92 Å². The number of ketones is 1. The molecule has 0 saturated heterocycles. The molecule has 0 aliphatic heterocycles. The monoisotopic (exact) mass is 275 g/mol. The molecule has 0 atom stereocenters. The summed E-state index contributed by atoms with van der Waals surface area (Å²) in [4.78, 5) is 33.8. The van der Waals surface area contributed by atoms with E-state index in [0.29, 0.717) is 21.4 Å². The second-order valence-electron chi connectivity index (χ2n) is 4.05. The Morgan fingerprint density at radius 1 is 1.32 bits per heavy atom. The van der Waals surface area contributed by atoms with Gasteiger partial charge < -0.3 is 0 Å². The van der Waals surface area contributed by atoms with E-state index < -0.39 is 0 Å². The van der Waals surface area contributed by atoms with E-state index in [9.17, 15) is 9.59 Å². The molecule has 0 saturated carbocycles. The number of rotatable bonds is 3. The van der Waals surface area contributed by atoms with E-state index in [1.165, 1.54) is 23.2 Å². The van der Waals surface area contributed by atoms with Gasteiger partial charge in [-0.3, -0.25) is 19.5 Å². The van der Waals surface area contributed by atoms with Gasteiger partial charge in [0.2, 0.25) is 0 Å². The number of Topliss-reactive ketones (excluding diaryl/α,β-unsaturated/α-hetero) is 1. The molecule has 0 bridgehead atoms. The molecule has 2 heterocycles. The van der Waals surface area contributed by atoms with Crippen LogP contribution in [0.15, 0.2) is 24.4 Å². The number of carbonyl (C=O) groups is 2. The minimum Gasteiger partial charge on any atom is -0.294 e. The molecule has 1 amide bonds. The van der Waals surface area contributed by atoms with Gasteiger partial charge in [-0.2, -0.15) is 0 Å². The van der Waals surface area contributed by atoms with Crippen LogP contribution in [-0.4, -0.2) is 28.7 Å². The quantitative estimate of drug-likeness (QED) is 0.806. The van der Waals surface area contributed by atoms with E-state index >= 15 is 0 Å².